The molecular weight excluding hydrogens is 442 g/mol. The summed E-state index contributed by atoms with van der Waals surface area (Å²) < 4.78 is 2.87. The lowest BCUT2D eigenvalue weighted by Gasteiger charge is -2.53. The largest absolute Gasteiger partial charge is 0.343 e. The van der Waals surface area contributed by atoms with Gasteiger partial charge in [-0.1, -0.05) is 34.6 Å². The molecule has 0 N–H and O–H groups in total. The quantitative estimate of drug-likeness (QED) is 0.438. The molecule has 6 nitrogen and oxygen atoms in total. The van der Waals surface area contributed by atoms with Gasteiger partial charge < -0.3 is 9.80 Å². The summed E-state index contributed by atoms with van der Waals surface area (Å²) in [5, 5.41) is 6.09. The smallest absolute Gasteiger partial charge is 0.256 e. The molecule has 6 rings (SSSR count). The van der Waals surface area contributed by atoms with E-state index >= 15 is 0 Å². The molecule has 2 atom stereocenters. The van der Waals surface area contributed by atoms with Crippen LogP contribution in [0.5, 0.6) is 0 Å². The maximum absolute atomic E-state index is 13.6. The van der Waals surface area contributed by atoms with Crippen LogP contribution in [0.15, 0.2) is 54.9 Å². The summed E-state index contributed by atoms with van der Waals surface area (Å²) in [6.07, 6.45) is 4.63. The van der Waals surface area contributed by atoms with Crippen molar-refractivity contribution in [3.8, 4) is 5.69 Å². The Labute approximate surface area is 195 Å². The summed E-state index contributed by atoms with van der Waals surface area (Å²) in [6, 6.07) is 14.0. The number of anilines is 1. The molecule has 2 fully saturated rings. The van der Waals surface area contributed by atoms with Crippen LogP contribution < -0.4 is 4.90 Å². The number of benzene rings is 2. The fourth-order valence-electron chi connectivity index (χ4n) is 4.81. The molecule has 4 heterocycles. The third-order valence-corrected chi connectivity index (χ3v) is 7.85. The van der Waals surface area contributed by atoms with E-state index in [1.807, 2.05) is 60.5 Å². The average Bonchev–Trinajstić information content (AvgIpc) is 3.44. The van der Waals surface area contributed by atoms with Crippen LogP contribution in [0.25, 0.3) is 15.9 Å². The molecule has 0 bridgehead atoms. The molecule has 32 heavy (non-hydrogen) atoms. The van der Waals surface area contributed by atoms with Crippen LogP contribution in [0.4, 0.5) is 5.13 Å². The van der Waals surface area contributed by atoms with Crippen LogP contribution in [-0.4, -0.2) is 51.2 Å². The molecular formula is C24H22ClN5OS. The molecule has 0 spiro atoms. The van der Waals surface area contributed by atoms with Gasteiger partial charge in [0.1, 0.15) is 0 Å². The van der Waals surface area contributed by atoms with Crippen molar-refractivity contribution in [1.82, 2.24) is 19.7 Å². The third kappa shape index (κ3) is 3.27. The highest BCUT2D eigenvalue weighted by atomic mass is 35.5. The Morgan fingerprint density at radius 1 is 1.19 bits per heavy atom. The van der Waals surface area contributed by atoms with Gasteiger partial charge in [0.2, 0.25) is 0 Å². The summed E-state index contributed by atoms with van der Waals surface area (Å²) in [6.45, 7) is 4.52. The van der Waals surface area contributed by atoms with E-state index in [0.29, 0.717) is 24.1 Å². The molecule has 4 aromatic rings. The van der Waals surface area contributed by atoms with Gasteiger partial charge >= 0.3 is 0 Å². The number of thiazole rings is 1. The van der Waals surface area contributed by atoms with E-state index in [1.165, 1.54) is 0 Å². The van der Waals surface area contributed by atoms with Gasteiger partial charge in [0.25, 0.3) is 5.91 Å². The molecule has 0 unspecified atom stereocenters. The third-order valence-electron chi connectivity index (χ3n) is 6.56. The number of aromatic nitrogens is 3. The Balaban J connectivity index is 1.26. The Morgan fingerprint density at radius 2 is 2.09 bits per heavy atom. The van der Waals surface area contributed by atoms with Crippen LogP contribution in [-0.2, 0) is 0 Å². The summed E-state index contributed by atoms with van der Waals surface area (Å²) in [5.74, 6) is 0.679. The van der Waals surface area contributed by atoms with Crippen molar-refractivity contribution in [2.45, 2.75) is 19.4 Å². The first-order valence-corrected chi connectivity index (χ1v) is 12.0. The predicted octanol–water partition coefficient (Wildman–Crippen LogP) is 4.79. The number of hydrogen-bond acceptors (Lipinski definition) is 5. The van der Waals surface area contributed by atoms with E-state index in [-0.39, 0.29) is 5.91 Å². The number of halogens is 1. The van der Waals surface area contributed by atoms with Crippen molar-refractivity contribution in [3.05, 3.63) is 71.0 Å². The van der Waals surface area contributed by atoms with Crippen LogP contribution in [0.2, 0.25) is 5.02 Å². The number of nitrogens with zero attached hydrogens (tertiary/aromatic N) is 5. The minimum atomic E-state index is 0.0700. The topological polar surface area (TPSA) is 54.3 Å². The highest BCUT2D eigenvalue weighted by molar-refractivity contribution is 7.22. The van der Waals surface area contributed by atoms with Crippen molar-refractivity contribution >= 4 is 44.2 Å². The highest BCUT2D eigenvalue weighted by Crippen LogP contribution is 2.40. The fourth-order valence-corrected chi connectivity index (χ4v) is 6.12. The van der Waals surface area contributed by atoms with Gasteiger partial charge in [-0.05, 0) is 49.7 Å². The van der Waals surface area contributed by atoms with Crippen molar-refractivity contribution in [2.24, 2.45) is 5.92 Å². The standard InChI is InChI=1S/C24H22ClN5OS/c1-15-3-6-20(30-9-2-8-26-30)18(11-15)23(31)28-10-7-16-13-29(21(16)14-28)24-27-19-5-4-17(25)12-22(19)32-24/h2-6,8-9,11-12,16,21H,7,10,13-14H2,1H3/t16-,21-/m0/s1. The van der Waals surface area contributed by atoms with E-state index in [0.717, 1.165) is 51.1 Å². The second-order valence-corrected chi connectivity index (χ2v) is 10.0. The first kappa shape index (κ1) is 19.8. The zero-order valence-electron chi connectivity index (χ0n) is 17.6. The molecule has 162 valence electrons. The highest BCUT2D eigenvalue weighted by Gasteiger charge is 2.45. The van der Waals surface area contributed by atoms with Crippen molar-refractivity contribution in [3.63, 3.8) is 0 Å². The SMILES string of the molecule is Cc1ccc(-n2cccn2)c(C(=O)N2CC[C@H]3CN(c4nc5ccc(Cl)cc5s4)[C@H]3C2)c1. The second-order valence-electron chi connectivity index (χ2n) is 8.60. The number of amides is 1. The molecule has 2 aromatic heterocycles. The first-order valence-electron chi connectivity index (χ1n) is 10.8. The second kappa shape index (κ2) is 7.60. The van der Waals surface area contributed by atoms with Crippen molar-refractivity contribution in [2.75, 3.05) is 24.5 Å². The van der Waals surface area contributed by atoms with E-state index in [4.69, 9.17) is 16.6 Å². The molecule has 0 aliphatic carbocycles. The lowest BCUT2D eigenvalue weighted by molar-refractivity contribution is 0.0592. The number of likely N-dealkylation sites (tertiary alicyclic amines) is 1. The van der Waals surface area contributed by atoms with Crippen LogP contribution in [0, 0.1) is 12.8 Å². The van der Waals surface area contributed by atoms with Crippen molar-refractivity contribution in [1.29, 1.82) is 0 Å². The Bertz CT molecular complexity index is 1320. The molecule has 2 saturated heterocycles. The van der Waals surface area contributed by atoms with Gasteiger partial charge in [0.15, 0.2) is 5.13 Å². The van der Waals surface area contributed by atoms with Crippen LogP contribution in [0.3, 0.4) is 0 Å². The summed E-state index contributed by atoms with van der Waals surface area (Å²) >= 11 is 7.83. The number of aryl methyl sites for hydroxylation is 1. The van der Waals surface area contributed by atoms with Crippen LogP contribution >= 0.6 is 22.9 Å². The monoisotopic (exact) mass is 463 g/mol. The zero-order chi connectivity index (χ0) is 21.8. The zero-order valence-corrected chi connectivity index (χ0v) is 19.2. The molecule has 1 amide bonds. The maximum Gasteiger partial charge on any atom is 0.256 e. The molecule has 0 radical (unpaired) electrons. The van der Waals surface area contributed by atoms with Gasteiger partial charge in [-0.15, -0.1) is 0 Å². The summed E-state index contributed by atoms with van der Waals surface area (Å²) in [7, 11) is 0. The Morgan fingerprint density at radius 3 is 2.94 bits per heavy atom. The maximum atomic E-state index is 13.6. The minimum absolute atomic E-state index is 0.0700. The molecule has 2 aliphatic rings. The molecule has 8 heteroatoms. The number of piperidine rings is 1. The lowest BCUT2D eigenvalue weighted by atomic mass is 9.82. The number of carbonyl (C=O) groups is 1. The Hall–Kier alpha value is -2.90. The van der Waals surface area contributed by atoms with Gasteiger partial charge in [-0.25, -0.2) is 9.67 Å². The normalized spacial score (nSPS) is 20.3. The van der Waals surface area contributed by atoms with Gasteiger partial charge in [0, 0.05) is 43.0 Å². The van der Waals surface area contributed by atoms with E-state index in [2.05, 4.69) is 10.00 Å². The molecule has 2 aromatic carbocycles. The predicted molar refractivity (Wildman–Crippen MR) is 128 cm³/mol. The summed E-state index contributed by atoms with van der Waals surface area (Å²) in [5.41, 5.74) is 3.57. The lowest BCUT2D eigenvalue weighted by Crippen LogP contribution is -2.65. The first-order chi connectivity index (χ1) is 15.6. The molecule has 2 aliphatic heterocycles. The number of rotatable bonds is 3. The molecule has 0 saturated carbocycles. The van der Waals surface area contributed by atoms with Crippen molar-refractivity contribution < 1.29 is 4.79 Å². The number of hydrogen-bond donors (Lipinski definition) is 0. The van der Waals surface area contributed by atoms with Crippen LogP contribution in [0.1, 0.15) is 22.3 Å². The summed E-state index contributed by atoms with van der Waals surface area (Å²) in [4.78, 5) is 22.8. The fraction of sp³-hybridized carbons (Fsp3) is 0.292. The average molecular weight is 464 g/mol. The number of fused-ring (bicyclic) bond motifs is 2. The van der Waals surface area contributed by atoms with Gasteiger partial charge in [-0.2, -0.15) is 5.10 Å². The minimum Gasteiger partial charge on any atom is -0.343 e. The van der Waals surface area contributed by atoms with E-state index in [1.54, 1.807) is 22.2 Å². The number of carbonyl (C=O) groups excluding carboxylic acids is 1. The van der Waals surface area contributed by atoms with E-state index in [9.17, 15) is 4.79 Å². The van der Waals surface area contributed by atoms with Gasteiger partial charge in [0.05, 0.1) is 27.5 Å². The Kier molecular flexibility index (Phi) is 4.69. The van der Waals surface area contributed by atoms with Gasteiger partial charge in [-0.3, -0.25) is 4.79 Å². The van der Waals surface area contributed by atoms with E-state index < -0.39 is 0 Å².